The van der Waals surface area contributed by atoms with E-state index in [4.69, 9.17) is 4.42 Å². The van der Waals surface area contributed by atoms with Crippen molar-refractivity contribution in [3.05, 3.63) is 23.7 Å². The Morgan fingerprint density at radius 1 is 1.67 bits per heavy atom. The van der Waals surface area contributed by atoms with Crippen molar-refractivity contribution in [2.24, 2.45) is 0 Å². The van der Waals surface area contributed by atoms with Gasteiger partial charge >= 0.3 is 5.97 Å². The summed E-state index contributed by atoms with van der Waals surface area (Å²) >= 11 is 2.03. The first-order valence-corrected chi connectivity index (χ1v) is 7.12. The molecular weight excluding hydrogens is 250 g/mol. The zero-order chi connectivity index (χ0) is 13.0. The summed E-state index contributed by atoms with van der Waals surface area (Å²) in [6.07, 6.45) is 4.00. The van der Waals surface area contributed by atoms with E-state index in [1.807, 2.05) is 11.8 Å². The smallest absolute Gasteiger partial charge is 0.341 e. The summed E-state index contributed by atoms with van der Waals surface area (Å²) in [5, 5.41) is 3.39. The van der Waals surface area contributed by atoms with Crippen molar-refractivity contribution in [1.29, 1.82) is 0 Å². The fourth-order valence-electron chi connectivity index (χ4n) is 2.12. The SMILES string of the molecule is COC(=O)c1coc(CNCC2(C)CCCS2)c1. The Morgan fingerprint density at radius 3 is 3.17 bits per heavy atom. The van der Waals surface area contributed by atoms with E-state index >= 15 is 0 Å². The van der Waals surface area contributed by atoms with Crippen LogP contribution >= 0.6 is 11.8 Å². The number of hydrogen-bond donors (Lipinski definition) is 1. The van der Waals surface area contributed by atoms with Crippen LogP contribution < -0.4 is 5.32 Å². The van der Waals surface area contributed by atoms with Gasteiger partial charge in [0.25, 0.3) is 0 Å². The lowest BCUT2D eigenvalue weighted by Gasteiger charge is -2.22. The molecule has 18 heavy (non-hydrogen) atoms. The van der Waals surface area contributed by atoms with Crippen molar-refractivity contribution in [2.75, 3.05) is 19.4 Å². The van der Waals surface area contributed by atoms with Crippen LogP contribution in [0, 0.1) is 0 Å². The van der Waals surface area contributed by atoms with Gasteiger partial charge in [-0.25, -0.2) is 4.79 Å². The third-order valence-electron chi connectivity index (χ3n) is 3.17. The molecule has 1 aromatic heterocycles. The Kier molecular flexibility index (Phi) is 4.35. The maximum Gasteiger partial charge on any atom is 0.341 e. The summed E-state index contributed by atoms with van der Waals surface area (Å²) in [5.74, 6) is 1.66. The average Bonchev–Trinajstić information content (AvgIpc) is 2.98. The summed E-state index contributed by atoms with van der Waals surface area (Å²) in [5.41, 5.74) is 0.468. The minimum absolute atomic E-state index is 0.345. The first-order chi connectivity index (χ1) is 8.63. The number of esters is 1. The zero-order valence-corrected chi connectivity index (χ0v) is 11.6. The van der Waals surface area contributed by atoms with Crippen LogP contribution in [0.4, 0.5) is 0 Å². The number of hydrogen-bond acceptors (Lipinski definition) is 5. The second-order valence-corrected chi connectivity index (χ2v) is 6.48. The molecule has 1 atom stereocenters. The molecule has 0 aliphatic carbocycles. The molecule has 5 heteroatoms. The maximum atomic E-state index is 11.3. The van der Waals surface area contributed by atoms with Crippen molar-refractivity contribution in [3.8, 4) is 0 Å². The first-order valence-electron chi connectivity index (χ1n) is 6.13. The lowest BCUT2D eigenvalue weighted by Crippen LogP contribution is -2.32. The molecule has 1 N–H and O–H groups in total. The summed E-state index contributed by atoms with van der Waals surface area (Å²) < 4.78 is 10.3. The number of nitrogens with one attached hydrogen (secondary N) is 1. The fourth-order valence-corrected chi connectivity index (χ4v) is 3.40. The molecule has 1 aliphatic rings. The van der Waals surface area contributed by atoms with E-state index in [-0.39, 0.29) is 5.97 Å². The van der Waals surface area contributed by atoms with Crippen LogP contribution in [0.5, 0.6) is 0 Å². The van der Waals surface area contributed by atoms with E-state index < -0.39 is 0 Å². The second-order valence-electron chi connectivity index (χ2n) is 4.80. The van der Waals surface area contributed by atoms with Crippen LogP contribution in [0.2, 0.25) is 0 Å². The molecule has 2 heterocycles. The summed E-state index contributed by atoms with van der Waals surface area (Å²) in [7, 11) is 1.37. The number of methoxy groups -OCH3 is 1. The quantitative estimate of drug-likeness (QED) is 0.832. The normalized spacial score (nSPS) is 23.2. The molecule has 0 spiro atoms. The molecule has 0 bridgehead atoms. The highest BCUT2D eigenvalue weighted by molar-refractivity contribution is 8.00. The van der Waals surface area contributed by atoms with Crippen molar-refractivity contribution in [2.45, 2.75) is 31.1 Å². The maximum absolute atomic E-state index is 11.3. The highest BCUT2D eigenvalue weighted by Gasteiger charge is 2.28. The van der Waals surface area contributed by atoms with E-state index in [9.17, 15) is 4.79 Å². The molecule has 1 aliphatic heterocycles. The number of furan rings is 1. The van der Waals surface area contributed by atoms with Gasteiger partial charge in [0.15, 0.2) is 0 Å². The lowest BCUT2D eigenvalue weighted by molar-refractivity contribution is 0.0600. The molecule has 0 saturated carbocycles. The Morgan fingerprint density at radius 2 is 2.50 bits per heavy atom. The van der Waals surface area contributed by atoms with E-state index in [1.54, 1.807) is 6.07 Å². The average molecular weight is 269 g/mol. The predicted octanol–water partition coefficient (Wildman–Crippen LogP) is 2.44. The van der Waals surface area contributed by atoms with Gasteiger partial charge in [0.2, 0.25) is 0 Å². The molecule has 4 nitrogen and oxygen atoms in total. The highest BCUT2D eigenvalue weighted by Crippen LogP contribution is 2.36. The first kappa shape index (κ1) is 13.5. The van der Waals surface area contributed by atoms with E-state index in [1.165, 1.54) is 32.0 Å². The van der Waals surface area contributed by atoms with Gasteiger partial charge in [-0.05, 0) is 31.6 Å². The van der Waals surface area contributed by atoms with Gasteiger partial charge in [-0.3, -0.25) is 0 Å². The standard InChI is InChI=1S/C13H19NO3S/c1-13(4-3-5-18-13)9-14-7-11-6-10(8-17-11)12(15)16-2/h6,8,14H,3-5,7,9H2,1-2H3. The van der Waals surface area contributed by atoms with E-state index in [2.05, 4.69) is 17.0 Å². The molecule has 1 fully saturated rings. The molecule has 1 aromatic rings. The lowest BCUT2D eigenvalue weighted by atomic mass is 10.1. The number of rotatable bonds is 5. The van der Waals surface area contributed by atoms with Crippen LogP contribution in [0.15, 0.2) is 16.7 Å². The van der Waals surface area contributed by atoms with Crippen LogP contribution in [0.25, 0.3) is 0 Å². The van der Waals surface area contributed by atoms with Gasteiger partial charge in [0, 0.05) is 11.3 Å². The molecule has 100 valence electrons. The fraction of sp³-hybridized carbons (Fsp3) is 0.615. The van der Waals surface area contributed by atoms with Crippen LogP contribution in [-0.2, 0) is 11.3 Å². The van der Waals surface area contributed by atoms with Crippen LogP contribution in [0.1, 0.15) is 35.9 Å². The molecule has 0 amide bonds. The van der Waals surface area contributed by atoms with Gasteiger partial charge in [0.05, 0.1) is 19.2 Å². The highest BCUT2D eigenvalue weighted by atomic mass is 32.2. The zero-order valence-electron chi connectivity index (χ0n) is 10.8. The second kappa shape index (κ2) is 5.80. The molecular formula is C13H19NO3S. The Bertz CT molecular complexity index is 410. The topological polar surface area (TPSA) is 51.5 Å². The molecule has 0 radical (unpaired) electrons. The number of carbonyl (C=O) groups is 1. The monoisotopic (exact) mass is 269 g/mol. The summed E-state index contributed by atoms with van der Waals surface area (Å²) in [6.45, 7) is 3.90. The molecule has 1 saturated heterocycles. The van der Waals surface area contributed by atoms with E-state index in [0.29, 0.717) is 16.9 Å². The van der Waals surface area contributed by atoms with Crippen molar-refractivity contribution >= 4 is 17.7 Å². The summed E-state index contributed by atoms with van der Waals surface area (Å²) in [6, 6.07) is 1.73. The largest absolute Gasteiger partial charge is 0.467 e. The van der Waals surface area contributed by atoms with Crippen molar-refractivity contribution < 1.29 is 13.9 Å². The summed E-state index contributed by atoms with van der Waals surface area (Å²) in [4.78, 5) is 11.3. The minimum Gasteiger partial charge on any atom is -0.467 e. The van der Waals surface area contributed by atoms with Gasteiger partial charge < -0.3 is 14.5 Å². The van der Waals surface area contributed by atoms with Crippen LogP contribution in [0.3, 0.4) is 0 Å². The molecule has 0 aromatic carbocycles. The Balaban J connectivity index is 1.80. The predicted molar refractivity (Wildman–Crippen MR) is 71.9 cm³/mol. The van der Waals surface area contributed by atoms with Gasteiger partial charge in [-0.2, -0.15) is 11.8 Å². The van der Waals surface area contributed by atoms with Crippen LogP contribution in [-0.4, -0.2) is 30.1 Å². The third kappa shape index (κ3) is 3.29. The number of thioether (sulfide) groups is 1. The molecule has 1 unspecified atom stereocenters. The van der Waals surface area contributed by atoms with E-state index in [0.717, 1.165) is 12.3 Å². The Hall–Kier alpha value is -0.940. The van der Waals surface area contributed by atoms with Gasteiger partial charge in [-0.15, -0.1) is 0 Å². The van der Waals surface area contributed by atoms with Gasteiger partial charge in [0.1, 0.15) is 12.0 Å². The van der Waals surface area contributed by atoms with Crippen molar-refractivity contribution in [3.63, 3.8) is 0 Å². The number of ether oxygens (including phenoxy) is 1. The van der Waals surface area contributed by atoms with Crippen molar-refractivity contribution in [1.82, 2.24) is 5.32 Å². The minimum atomic E-state index is -0.358. The number of carbonyl (C=O) groups excluding carboxylic acids is 1. The third-order valence-corrected chi connectivity index (χ3v) is 4.71. The molecule has 2 rings (SSSR count). The van der Waals surface area contributed by atoms with Gasteiger partial charge in [-0.1, -0.05) is 0 Å². The Labute approximate surface area is 111 Å².